The zero-order valence-electron chi connectivity index (χ0n) is 12.9. The second-order valence-electron chi connectivity index (χ2n) is 5.84. The zero-order valence-corrected chi connectivity index (χ0v) is 12.9. The van der Waals surface area contributed by atoms with Crippen LogP contribution >= 0.6 is 0 Å². The fourth-order valence-corrected chi connectivity index (χ4v) is 2.24. The number of benzene rings is 1. The highest BCUT2D eigenvalue weighted by Crippen LogP contribution is 2.18. The van der Waals surface area contributed by atoms with E-state index in [1.807, 2.05) is 0 Å². The molecule has 0 radical (unpaired) electrons. The summed E-state index contributed by atoms with van der Waals surface area (Å²) in [5.41, 5.74) is 8.61. The molecule has 0 amide bonds. The number of rotatable bonds is 8. The first-order chi connectivity index (χ1) is 9.08. The minimum Gasteiger partial charge on any atom is -0.329 e. The van der Waals surface area contributed by atoms with E-state index < -0.39 is 0 Å². The van der Waals surface area contributed by atoms with E-state index in [2.05, 4.69) is 57.3 Å². The van der Waals surface area contributed by atoms with E-state index in [4.69, 9.17) is 5.73 Å². The van der Waals surface area contributed by atoms with Crippen molar-refractivity contribution >= 4 is 0 Å². The summed E-state index contributed by atoms with van der Waals surface area (Å²) < 4.78 is 0. The van der Waals surface area contributed by atoms with Crippen LogP contribution in [-0.2, 0) is 6.42 Å². The van der Waals surface area contributed by atoms with Crippen LogP contribution in [0.25, 0.3) is 0 Å². The molecule has 108 valence electrons. The maximum Gasteiger partial charge on any atom is 0.0213 e. The largest absolute Gasteiger partial charge is 0.329 e. The maximum absolute atomic E-state index is 5.76. The molecule has 0 aromatic heterocycles. The van der Waals surface area contributed by atoms with Crippen molar-refractivity contribution in [1.82, 2.24) is 5.32 Å². The predicted molar refractivity (Wildman–Crippen MR) is 84.5 cm³/mol. The molecule has 0 aliphatic rings. The van der Waals surface area contributed by atoms with Crippen LogP contribution in [0.15, 0.2) is 24.3 Å². The van der Waals surface area contributed by atoms with Crippen LogP contribution in [0, 0.1) is 5.92 Å². The molecule has 0 saturated heterocycles. The smallest absolute Gasteiger partial charge is 0.0213 e. The van der Waals surface area contributed by atoms with Crippen LogP contribution in [0.3, 0.4) is 0 Å². The van der Waals surface area contributed by atoms with Gasteiger partial charge in [0.1, 0.15) is 0 Å². The van der Waals surface area contributed by atoms with Crippen molar-refractivity contribution in [3.63, 3.8) is 0 Å². The van der Waals surface area contributed by atoms with Gasteiger partial charge in [-0.1, -0.05) is 52.0 Å². The van der Waals surface area contributed by atoms with Crippen molar-refractivity contribution in [3.05, 3.63) is 35.4 Å². The van der Waals surface area contributed by atoms with Crippen LogP contribution in [0.2, 0.25) is 0 Å². The summed E-state index contributed by atoms with van der Waals surface area (Å²) in [5.74, 6) is 1.26. The van der Waals surface area contributed by atoms with E-state index >= 15 is 0 Å². The summed E-state index contributed by atoms with van der Waals surface area (Å²) in [4.78, 5) is 0. The van der Waals surface area contributed by atoms with E-state index in [1.165, 1.54) is 17.5 Å². The molecule has 0 saturated carbocycles. The van der Waals surface area contributed by atoms with Gasteiger partial charge in [0.05, 0.1) is 0 Å². The van der Waals surface area contributed by atoms with Gasteiger partial charge >= 0.3 is 0 Å². The van der Waals surface area contributed by atoms with Gasteiger partial charge in [-0.15, -0.1) is 0 Å². The Morgan fingerprint density at radius 3 is 2.21 bits per heavy atom. The van der Waals surface area contributed by atoms with Gasteiger partial charge in [0.2, 0.25) is 0 Å². The molecule has 0 fully saturated rings. The lowest BCUT2D eigenvalue weighted by molar-refractivity contribution is 0.409. The van der Waals surface area contributed by atoms with E-state index in [9.17, 15) is 0 Å². The number of nitrogens with two attached hydrogens (primary N) is 1. The highest BCUT2D eigenvalue weighted by molar-refractivity contribution is 5.25. The molecule has 0 aliphatic heterocycles. The molecule has 1 rings (SSSR count). The van der Waals surface area contributed by atoms with Gasteiger partial charge in [-0.2, -0.15) is 0 Å². The van der Waals surface area contributed by atoms with Gasteiger partial charge < -0.3 is 11.1 Å². The molecule has 2 heteroatoms. The van der Waals surface area contributed by atoms with Crippen molar-refractivity contribution in [3.8, 4) is 0 Å². The molecular formula is C17H30N2. The van der Waals surface area contributed by atoms with Crippen molar-refractivity contribution in [2.24, 2.45) is 11.7 Å². The molecule has 0 spiro atoms. The summed E-state index contributed by atoms with van der Waals surface area (Å²) in [6.07, 6.45) is 2.28. The summed E-state index contributed by atoms with van der Waals surface area (Å²) in [6, 6.07) is 9.49. The lowest BCUT2D eigenvalue weighted by Gasteiger charge is -2.20. The number of hydrogen-bond donors (Lipinski definition) is 2. The van der Waals surface area contributed by atoms with Crippen LogP contribution in [0.1, 0.15) is 51.2 Å². The molecule has 1 aromatic rings. The first kappa shape index (κ1) is 16.2. The van der Waals surface area contributed by atoms with Gasteiger partial charge in [-0.3, -0.25) is 0 Å². The summed E-state index contributed by atoms with van der Waals surface area (Å²) >= 11 is 0. The number of nitrogens with one attached hydrogen (secondary N) is 1. The van der Waals surface area contributed by atoms with E-state index in [1.54, 1.807) is 0 Å². The highest BCUT2D eigenvalue weighted by Gasteiger charge is 2.09. The predicted octanol–water partition coefficient (Wildman–Crippen LogP) is 3.32. The first-order valence-corrected chi connectivity index (χ1v) is 7.60. The minimum atomic E-state index is 0.430. The Bertz CT molecular complexity index is 343. The van der Waals surface area contributed by atoms with Crippen LogP contribution in [0.4, 0.5) is 0 Å². The lowest BCUT2D eigenvalue weighted by atomic mass is 9.97. The Morgan fingerprint density at radius 1 is 1.11 bits per heavy atom. The molecule has 1 aromatic carbocycles. The molecule has 2 nitrogen and oxygen atoms in total. The normalized spacial score (nSPS) is 14.6. The monoisotopic (exact) mass is 262 g/mol. The molecule has 2 atom stereocenters. The third kappa shape index (κ3) is 5.33. The van der Waals surface area contributed by atoms with Gasteiger partial charge in [0.25, 0.3) is 0 Å². The van der Waals surface area contributed by atoms with Gasteiger partial charge in [0, 0.05) is 12.6 Å². The average Bonchev–Trinajstić information content (AvgIpc) is 2.43. The maximum atomic E-state index is 5.76. The van der Waals surface area contributed by atoms with Gasteiger partial charge in [-0.05, 0) is 42.3 Å². The van der Waals surface area contributed by atoms with E-state index in [-0.39, 0.29) is 0 Å². The summed E-state index contributed by atoms with van der Waals surface area (Å²) in [5, 5.41) is 3.54. The Labute approximate surface area is 118 Å². The zero-order chi connectivity index (χ0) is 14.3. The quantitative estimate of drug-likeness (QED) is 0.754. The molecular weight excluding hydrogens is 232 g/mol. The Kier molecular flexibility index (Phi) is 7.11. The first-order valence-electron chi connectivity index (χ1n) is 7.60. The fraction of sp³-hybridized carbons (Fsp3) is 0.647. The van der Waals surface area contributed by atoms with Crippen molar-refractivity contribution in [1.29, 1.82) is 0 Å². The van der Waals surface area contributed by atoms with Gasteiger partial charge in [-0.25, -0.2) is 0 Å². The molecule has 0 heterocycles. The molecule has 3 N–H and O–H groups in total. The third-order valence-electron chi connectivity index (χ3n) is 4.04. The van der Waals surface area contributed by atoms with Crippen molar-refractivity contribution < 1.29 is 0 Å². The molecule has 19 heavy (non-hydrogen) atoms. The summed E-state index contributed by atoms with van der Waals surface area (Å²) in [7, 11) is 0. The SMILES string of the molecule is CCC(C)c1ccc(CCNC(CN)C(C)C)cc1. The highest BCUT2D eigenvalue weighted by atomic mass is 14.9. The molecule has 2 unspecified atom stereocenters. The number of hydrogen-bond acceptors (Lipinski definition) is 2. The standard InChI is InChI=1S/C17H30N2/c1-5-14(4)16-8-6-15(7-9-16)10-11-19-17(12-18)13(2)3/h6-9,13-14,17,19H,5,10-12,18H2,1-4H3. The van der Waals surface area contributed by atoms with Crippen LogP contribution in [-0.4, -0.2) is 19.1 Å². The molecule has 0 bridgehead atoms. The Morgan fingerprint density at radius 2 is 1.74 bits per heavy atom. The van der Waals surface area contributed by atoms with Gasteiger partial charge in [0.15, 0.2) is 0 Å². The summed E-state index contributed by atoms with van der Waals surface area (Å²) in [6.45, 7) is 10.7. The fourth-order valence-electron chi connectivity index (χ4n) is 2.24. The van der Waals surface area contributed by atoms with E-state index in [0.29, 0.717) is 24.4 Å². The van der Waals surface area contributed by atoms with Crippen molar-refractivity contribution in [2.45, 2.75) is 52.5 Å². The minimum absolute atomic E-state index is 0.430. The average molecular weight is 262 g/mol. The topological polar surface area (TPSA) is 38.0 Å². The Balaban J connectivity index is 2.41. The van der Waals surface area contributed by atoms with Crippen molar-refractivity contribution in [2.75, 3.05) is 13.1 Å². The van der Waals surface area contributed by atoms with Crippen LogP contribution < -0.4 is 11.1 Å². The second kappa shape index (κ2) is 8.34. The Hall–Kier alpha value is -0.860. The lowest BCUT2D eigenvalue weighted by Crippen LogP contribution is -2.41. The van der Waals surface area contributed by atoms with Crippen LogP contribution in [0.5, 0.6) is 0 Å². The second-order valence-corrected chi connectivity index (χ2v) is 5.84. The third-order valence-corrected chi connectivity index (χ3v) is 4.04. The molecule has 0 aliphatic carbocycles. The van der Waals surface area contributed by atoms with E-state index in [0.717, 1.165) is 13.0 Å².